The zero-order valence-electron chi connectivity index (χ0n) is 12.2. The molecule has 0 rings (SSSR count). The molecule has 0 aliphatic carbocycles. The van der Waals surface area contributed by atoms with Gasteiger partial charge in [0.1, 0.15) is 0 Å². The van der Waals surface area contributed by atoms with E-state index in [4.69, 9.17) is 5.11 Å². The smallest absolute Gasteiger partial charge is 0.332 e. The van der Waals surface area contributed by atoms with Crippen LogP contribution in [0.5, 0.6) is 0 Å². The van der Waals surface area contributed by atoms with Gasteiger partial charge in [0.25, 0.3) is 0 Å². The maximum Gasteiger partial charge on any atom is 0.332 e. The molecule has 0 bridgehead atoms. The van der Waals surface area contributed by atoms with Crippen molar-refractivity contribution in [1.29, 1.82) is 0 Å². The van der Waals surface area contributed by atoms with Crippen molar-refractivity contribution >= 4 is 23.9 Å². The molecule has 0 aromatic heterocycles. The maximum atomic E-state index is 11.6. The molecule has 0 aliphatic rings. The van der Waals surface area contributed by atoms with E-state index in [1.165, 1.54) is 13.8 Å². The van der Waals surface area contributed by atoms with Crippen molar-refractivity contribution in [1.82, 2.24) is 0 Å². The van der Waals surface area contributed by atoms with E-state index in [9.17, 15) is 24.3 Å². The minimum atomic E-state index is -1.51. The van der Waals surface area contributed by atoms with Crippen molar-refractivity contribution in [2.45, 2.75) is 20.3 Å². The summed E-state index contributed by atoms with van der Waals surface area (Å²) >= 11 is 0. The molecule has 0 amide bonds. The van der Waals surface area contributed by atoms with Crippen LogP contribution in [0, 0.1) is 11.8 Å². The van der Waals surface area contributed by atoms with Crippen molar-refractivity contribution < 1.29 is 38.9 Å². The van der Waals surface area contributed by atoms with E-state index in [1.54, 1.807) is 0 Å². The molecule has 21 heavy (non-hydrogen) atoms. The van der Waals surface area contributed by atoms with Gasteiger partial charge in [-0.25, -0.2) is 4.79 Å². The Balaban J connectivity index is 6.07. The number of carboxylic acids is 2. The Hall–Kier alpha value is -2.38. The van der Waals surface area contributed by atoms with E-state index in [-0.39, 0.29) is 5.57 Å². The molecule has 8 nitrogen and oxygen atoms in total. The molecule has 0 saturated carbocycles. The second-order valence-corrected chi connectivity index (χ2v) is 4.30. The van der Waals surface area contributed by atoms with Crippen molar-refractivity contribution in [3.8, 4) is 0 Å². The summed E-state index contributed by atoms with van der Waals surface area (Å²) in [5.41, 5.74) is -0.665. The summed E-state index contributed by atoms with van der Waals surface area (Å²) < 4.78 is 9.05. The second-order valence-electron chi connectivity index (χ2n) is 4.30. The first-order valence-corrected chi connectivity index (χ1v) is 6.00. The second kappa shape index (κ2) is 8.03. The Morgan fingerprint density at radius 2 is 1.29 bits per heavy atom. The third kappa shape index (κ3) is 4.90. The van der Waals surface area contributed by atoms with Crippen LogP contribution >= 0.6 is 0 Å². The van der Waals surface area contributed by atoms with E-state index in [0.29, 0.717) is 0 Å². The van der Waals surface area contributed by atoms with Gasteiger partial charge in [0.2, 0.25) is 0 Å². The largest absolute Gasteiger partial charge is 0.481 e. The molecule has 0 spiro atoms. The zero-order valence-corrected chi connectivity index (χ0v) is 12.2. The number of aliphatic carboxylic acids is 2. The minimum Gasteiger partial charge on any atom is -0.481 e. The summed E-state index contributed by atoms with van der Waals surface area (Å²) in [7, 11) is 2.22. The van der Waals surface area contributed by atoms with E-state index >= 15 is 0 Å². The number of esters is 2. The van der Waals surface area contributed by atoms with Gasteiger partial charge in [-0.15, -0.1) is 0 Å². The number of methoxy groups -OCH3 is 2. The molecule has 118 valence electrons. The molecule has 0 heterocycles. The fourth-order valence-electron chi connectivity index (χ4n) is 1.96. The van der Waals surface area contributed by atoms with Gasteiger partial charge in [0.05, 0.1) is 32.5 Å². The van der Waals surface area contributed by atoms with Crippen LogP contribution in [0.25, 0.3) is 0 Å². The van der Waals surface area contributed by atoms with E-state index in [0.717, 1.165) is 14.2 Å². The molecule has 2 unspecified atom stereocenters. The highest BCUT2D eigenvalue weighted by Gasteiger charge is 2.33. The van der Waals surface area contributed by atoms with Crippen LogP contribution in [0.4, 0.5) is 0 Å². The van der Waals surface area contributed by atoms with Crippen LogP contribution in [-0.2, 0) is 28.7 Å². The lowest BCUT2D eigenvalue weighted by molar-refractivity contribution is -0.146. The average molecular weight is 302 g/mol. The summed E-state index contributed by atoms with van der Waals surface area (Å²) in [6.45, 7) is 2.68. The SMILES string of the molecule is COC(=O)C(C)C(=C(CC(=O)O)C(=O)O)C(C)C(=O)OC. The fourth-order valence-corrected chi connectivity index (χ4v) is 1.96. The molecule has 2 N–H and O–H groups in total. The number of carboxylic acid groups (broad SMARTS) is 2. The molecule has 0 fully saturated rings. The number of carbonyl (C=O) groups excluding carboxylic acids is 2. The third-order valence-corrected chi connectivity index (χ3v) is 2.98. The number of hydrogen-bond acceptors (Lipinski definition) is 6. The number of carbonyl (C=O) groups is 4. The topological polar surface area (TPSA) is 127 Å². The molecule has 2 atom stereocenters. The summed E-state index contributed by atoms with van der Waals surface area (Å²) in [6.07, 6.45) is -0.826. The molecule has 0 saturated heterocycles. The van der Waals surface area contributed by atoms with Crippen LogP contribution in [0.3, 0.4) is 0 Å². The first kappa shape index (κ1) is 18.6. The van der Waals surface area contributed by atoms with E-state index in [1.807, 2.05) is 0 Å². The standard InChI is InChI=1S/C13H18O8/c1-6(12(18)20-3)10(7(2)13(19)21-4)8(11(16)17)5-9(14)15/h6-7H,5H2,1-4H3,(H,14,15)(H,16,17). The van der Waals surface area contributed by atoms with Crippen LogP contribution in [0.2, 0.25) is 0 Å². The lowest BCUT2D eigenvalue weighted by Crippen LogP contribution is -2.28. The van der Waals surface area contributed by atoms with Gasteiger partial charge in [-0.2, -0.15) is 0 Å². The summed E-state index contributed by atoms with van der Waals surface area (Å²) in [5, 5.41) is 18.0. The Morgan fingerprint density at radius 3 is 1.52 bits per heavy atom. The Labute approximate surface area is 121 Å². The molecule has 0 aromatic rings. The average Bonchev–Trinajstić information content (AvgIpc) is 2.43. The van der Waals surface area contributed by atoms with Crippen LogP contribution < -0.4 is 0 Å². The van der Waals surface area contributed by atoms with Crippen molar-refractivity contribution in [3.05, 3.63) is 11.1 Å². The quantitative estimate of drug-likeness (QED) is 0.513. The number of rotatable bonds is 7. The van der Waals surface area contributed by atoms with Gasteiger partial charge >= 0.3 is 23.9 Å². The third-order valence-electron chi connectivity index (χ3n) is 2.98. The molecule has 0 radical (unpaired) electrons. The Bertz CT molecular complexity index is 453. The first-order chi connectivity index (χ1) is 9.67. The van der Waals surface area contributed by atoms with E-state index in [2.05, 4.69) is 9.47 Å². The zero-order chi connectivity index (χ0) is 16.7. The van der Waals surface area contributed by atoms with Gasteiger partial charge in [-0.3, -0.25) is 14.4 Å². The maximum absolute atomic E-state index is 11.6. The molecular formula is C13H18O8. The highest BCUT2D eigenvalue weighted by Crippen LogP contribution is 2.28. The highest BCUT2D eigenvalue weighted by atomic mass is 16.5. The lowest BCUT2D eigenvalue weighted by Gasteiger charge is -2.21. The molecular weight excluding hydrogens is 284 g/mol. The molecule has 0 aromatic carbocycles. The first-order valence-electron chi connectivity index (χ1n) is 6.00. The van der Waals surface area contributed by atoms with Gasteiger partial charge in [0, 0.05) is 5.57 Å². The highest BCUT2D eigenvalue weighted by molar-refractivity contribution is 5.96. The molecule has 8 heteroatoms. The predicted molar refractivity (Wildman–Crippen MR) is 69.3 cm³/mol. The normalized spacial score (nSPS) is 12.8. The van der Waals surface area contributed by atoms with Crippen molar-refractivity contribution in [3.63, 3.8) is 0 Å². The summed E-state index contributed by atoms with van der Waals surface area (Å²) in [6, 6.07) is 0. The molecule has 0 aliphatic heterocycles. The Morgan fingerprint density at radius 1 is 0.905 bits per heavy atom. The Kier molecular flexibility index (Phi) is 7.12. The van der Waals surface area contributed by atoms with Gasteiger partial charge in [-0.1, -0.05) is 0 Å². The van der Waals surface area contributed by atoms with Gasteiger partial charge < -0.3 is 19.7 Å². The van der Waals surface area contributed by atoms with Gasteiger partial charge in [-0.05, 0) is 19.4 Å². The van der Waals surface area contributed by atoms with Crippen LogP contribution in [0.15, 0.2) is 11.1 Å². The minimum absolute atomic E-state index is 0.136. The monoisotopic (exact) mass is 302 g/mol. The fraction of sp³-hybridized carbons (Fsp3) is 0.538. The lowest BCUT2D eigenvalue weighted by atomic mass is 9.84. The van der Waals surface area contributed by atoms with Crippen molar-refractivity contribution in [2.24, 2.45) is 11.8 Å². The van der Waals surface area contributed by atoms with E-state index < -0.39 is 47.7 Å². The number of ether oxygens (including phenoxy) is 2. The van der Waals surface area contributed by atoms with Crippen LogP contribution in [-0.4, -0.2) is 48.3 Å². The predicted octanol–water partition coefficient (Wildman–Crippen LogP) is 0.461. The summed E-state index contributed by atoms with van der Waals surface area (Å²) in [4.78, 5) is 45.4. The van der Waals surface area contributed by atoms with Crippen LogP contribution in [0.1, 0.15) is 20.3 Å². The number of hydrogen-bond donors (Lipinski definition) is 2. The summed E-state index contributed by atoms with van der Waals surface area (Å²) in [5.74, 6) is -6.63. The van der Waals surface area contributed by atoms with Crippen molar-refractivity contribution in [2.75, 3.05) is 14.2 Å². The van der Waals surface area contributed by atoms with Gasteiger partial charge in [0.15, 0.2) is 0 Å².